The lowest BCUT2D eigenvalue weighted by Crippen LogP contribution is -2.28. The Kier molecular flexibility index (Phi) is 7.91. The van der Waals surface area contributed by atoms with Gasteiger partial charge < -0.3 is 9.32 Å². The van der Waals surface area contributed by atoms with Gasteiger partial charge in [-0.05, 0) is 93.7 Å². The molecule has 0 bridgehead atoms. The first-order valence-corrected chi connectivity index (χ1v) is 22.3. The monoisotopic (exact) mass is 813 g/mol. The average Bonchev–Trinajstić information content (AvgIpc) is 3.99. The standard InChI is InChI=1S/C57H39N3OS/c1-34-22-27-47(39-25-29-53-46(32-39)42-17-8-11-21-52(42)62-53)58-57(59-55(34)40-24-23-35-12-2-3-13-36(35)30-40)44-26-28-49(56-54(44)43-18-7-10-20-51(43)61-56)60-48-19-9-6-16-41(48)45-31-37-14-4-5-15-38(37)33-50(45)60/h2-21,23-34,41,48H,22H2,1H3/b47-27+,58-57?,59-55?. The number of hydrogen-bond donors (Lipinski definition) is 0. The van der Waals surface area contributed by atoms with Gasteiger partial charge in [-0.2, -0.15) is 0 Å². The zero-order valence-electron chi connectivity index (χ0n) is 34.0. The van der Waals surface area contributed by atoms with E-state index in [9.17, 15) is 0 Å². The van der Waals surface area contributed by atoms with Crippen LogP contribution in [0.2, 0.25) is 0 Å². The van der Waals surface area contributed by atoms with Gasteiger partial charge >= 0.3 is 0 Å². The highest BCUT2D eigenvalue weighted by molar-refractivity contribution is 7.25. The highest BCUT2D eigenvalue weighted by Gasteiger charge is 2.39. The van der Waals surface area contributed by atoms with Gasteiger partial charge in [0, 0.05) is 59.6 Å². The molecule has 0 radical (unpaired) electrons. The minimum Gasteiger partial charge on any atom is -0.454 e. The molecule has 5 heteroatoms. The number of allylic oxidation sites excluding steroid dienone is 3. The third kappa shape index (κ3) is 5.51. The van der Waals surface area contributed by atoms with E-state index in [2.05, 4.69) is 200 Å². The highest BCUT2D eigenvalue weighted by atomic mass is 32.1. The van der Waals surface area contributed by atoms with Crippen LogP contribution in [0.25, 0.3) is 69.4 Å². The number of thiophene rings is 1. The average molecular weight is 814 g/mol. The first kappa shape index (κ1) is 35.4. The number of nitrogens with zero attached hydrogens (tertiary/aromatic N) is 3. The summed E-state index contributed by atoms with van der Waals surface area (Å²) in [6.07, 6.45) is 12.2. The molecule has 10 aromatic rings. The largest absolute Gasteiger partial charge is 0.454 e. The van der Waals surface area contributed by atoms with Crippen molar-refractivity contribution in [3.05, 3.63) is 210 Å². The van der Waals surface area contributed by atoms with E-state index < -0.39 is 0 Å². The Morgan fingerprint density at radius 1 is 0.597 bits per heavy atom. The predicted octanol–water partition coefficient (Wildman–Crippen LogP) is 15.3. The molecular formula is C57H39N3OS. The quantitative estimate of drug-likeness (QED) is 0.178. The second-order valence-electron chi connectivity index (χ2n) is 16.9. The van der Waals surface area contributed by atoms with Crippen molar-refractivity contribution in [2.45, 2.75) is 25.3 Å². The van der Waals surface area contributed by atoms with E-state index in [4.69, 9.17) is 14.4 Å². The van der Waals surface area contributed by atoms with Crippen molar-refractivity contribution in [3.63, 3.8) is 0 Å². The fourth-order valence-corrected chi connectivity index (χ4v) is 11.3. The molecule has 0 saturated carbocycles. The number of benzene rings is 8. The van der Waals surface area contributed by atoms with E-state index >= 15 is 0 Å². The molecule has 8 aromatic carbocycles. The molecule has 4 nitrogen and oxygen atoms in total. The van der Waals surface area contributed by atoms with Crippen LogP contribution in [0.4, 0.5) is 11.4 Å². The number of hydrogen-bond acceptors (Lipinski definition) is 5. The summed E-state index contributed by atoms with van der Waals surface area (Å²) < 4.78 is 9.61. The number of para-hydroxylation sites is 1. The van der Waals surface area contributed by atoms with Crippen LogP contribution in [-0.2, 0) is 0 Å². The lowest BCUT2D eigenvalue weighted by molar-refractivity contribution is 0.663. The lowest BCUT2D eigenvalue weighted by Gasteiger charge is -2.29. The fraction of sp³-hybridized carbons (Fsp3) is 0.0877. The molecule has 2 aromatic heterocycles. The summed E-state index contributed by atoms with van der Waals surface area (Å²) in [4.78, 5) is 13.8. The zero-order valence-corrected chi connectivity index (χ0v) is 34.8. The van der Waals surface area contributed by atoms with Crippen LogP contribution in [0, 0.1) is 5.92 Å². The fourth-order valence-electron chi connectivity index (χ4n) is 10.2. The first-order valence-electron chi connectivity index (χ1n) is 21.5. The Morgan fingerprint density at radius 3 is 2.21 bits per heavy atom. The van der Waals surface area contributed by atoms with Gasteiger partial charge in [-0.1, -0.05) is 140 Å². The molecule has 0 spiro atoms. The molecular weight excluding hydrogens is 775 g/mol. The maximum atomic E-state index is 7.04. The molecule has 2 aliphatic heterocycles. The van der Waals surface area contributed by atoms with Crippen molar-refractivity contribution >= 4 is 104 Å². The highest BCUT2D eigenvalue weighted by Crippen LogP contribution is 2.52. The SMILES string of the molecule is CC1C/C=C(\c2ccc3sc4ccccc4c3c2)N=C(c2ccc(N3c4cc5ccccc5cc4C4C=CC=CC43)c3oc4ccccc4c23)N=C1c1ccc2ccccc2c1. The molecule has 62 heavy (non-hydrogen) atoms. The van der Waals surface area contributed by atoms with Gasteiger partial charge in [0.2, 0.25) is 0 Å². The Labute approximate surface area is 362 Å². The van der Waals surface area contributed by atoms with Gasteiger partial charge in [-0.25, -0.2) is 9.98 Å². The van der Waals surface area contributed by atoms with Gasteiger partial charge in [0.05, 0.1) is 23.1 Å². The van der Waals surface area contributed by atoms with Crippen LogP contribution in [0.15, 0.2) is 203 Å². The van der Waals surface area contributed by atoms with Gasteiger partial charge in [0.15, 0.2) is 11.4 Å². The minimum atomic E-state index is 0.101. The van der Waals surface area contributed by atoms with Crippen LogP contribution in [0.1, 0.15) is 41.5 Å². The molecule has 13 rings (SSSR count). The zero-order chi connectivity index (χ0) is 40.9. The van der Waals surface area contributed by atoms with E-state index in [1.807, 2.05) is 11.3 Å². The van der Waals surface area contributed by atoms with Gasteiger partial charge in [0.25, 0.3) is 0 Å². The summed E-state index contributed by atoms with van der Waals surface area (Å²) in [5, 5.41) is 9.49. The van der Waals surface area contributed by atoms with Crippen LogP contribution < -0.4 is 4.90 Å². The van der Waals surface area contributed by atoms with Crippen molar-refractivity contribution < 1.29 is 4.42 Å². The molecule has 0 fully saturated rings. The minimum absolute atomic E-state index is 0.101. The maximum absolute atomic E-state index is 7.04. The molecule has 1 aliphatic carbocycles. The summed E-state index contributed by atoms with van der Waals surface area (Å²) in [5.41, 5.74) is 10.3. The van der Waals surface area contributed by atoms with Crippen LogP contribution >= 0.6 is 11.3 Å². The van der Waals surface area contributed by atoms with Crippen LogP contribution in [-0.4, -0.2) is 17.6 Å². The number of furan rings is 1. The van der Waals surface area contributed by atoms with E-state index in [1.54, 1.807) is 0 Å². The Balaban J connectivity index is 1.06. The molecule has 0 N–H and O–H groups in total. The third-order valence-corrected chi connectivity index (χ3v) is 14.4. The normalized spacial score (nSPS) is 19.5. The van der Waals surface area contributed by atoms with E-state index in [1.165, 1.54) is 53.0 Å². The molecule has 3 atom stereocenters. The molecule has 0 saturated heterocycles. The second-order valence-corrected chi connectivity index (χ2v) is 18.0. The van der Waals surface area contributed by atoms with E-state index in [0.29, 0.717) is 5.84 Å². The number of aliphatic imine (C=N–C) groups is 2. The van der Waals surface area contributed by atoms with E-state index in [0.717, 1.165) is 62.1 Å². The topological polar surface area (TPSA) is 41.1 Å². The van der Waals surface area contributed by atoms with Gasteiger partial charge in [-0.3, -0.25) is 0 Å². The summed E-state index contributed by atoms with van der Waals surface area (Å²) in [6.45, 7) is 2.30. The van der Waals surface area contributed by atoms with Crippen molar-refractivity contribution in [2.24, 2.45) is 15.9 Å². The maximum Gasteiger partial charge on any atom is 0.160 e. The van der Waals surface area contributed by atoms with Crippen LogP contribution in [0.5, 0.6) is 0 Å². The van der Waals surface area contributed by atoms with Crippen molar-refractivity contribution in [3.8, 4) is 0 Å². The molecule has 294 valence electrons. The van der Waals surface area contributed by atoms with Crippen molar-refractivity contribution in [2.75, 3.05) is 4.90 Å². The molecule has 0 amide bonds. The number of anilines is 2. The third-order valence-electron chi connectivity index (χ3n) is 13.2. The number of rotatable bonds is 4. The predicted molar refractivity (Wildman–Crippen MR) is 263 cm³/mol. The Hall–Kier alpha value is -7.34. The first-order chi connectivity index (χ1) is 30.6. The lowest BCUT2D eigenvalue weighted by atomic mass is 9.90. The van der Waals surface area contributed by atoms with Crippen molar-refractivity contribution in [1.29, 1.82) is 0 Å². The van der Waals surface area contributed by atoms with Gasteiger partial charge in [0.1, 0.15) is 5.58 Å². The molecule has 3 unspecified atom stereocenters. The summed E-state index contributed by atoms with van der Waals surface area (Å²) in [7, 11) is 0. The van der Waals surface area contributed by atoms with E-state index in [-0.39, 0.29) is 17.9 Å². The number of amidine groups is 1. The number of fused-ring (bicyclic) bond motifs is 11. The molecule has 3 aliphatic rings. The van der Waals surface area contributed by atoms with Crippen molar-refractivity contribution in [1.82, 2.24) is 0 Å². The summed E-state index contributed by atoms with van der Waals surface area (Å²) in [6, 6.07) is 57.2. The molecule has 4 heterocycles. The summed E-state index contributed by atoms with van der Waals surface area (Å²) in [5.74, 6) is 1.02. The Morgan fingerprint density at radius 2 is 1.32 bits per heavy atom. The van der Waals surface area contributed by atoms with Crippen LogP contribution in [0.3, 0.4) is 0 Å². The summed E-state index contributed by atoms with van der Waals surface area (Å²) >= 11 is 1.84. The second kappa shape index (κ2) is 13.8. The smallest absolute Gasteiger partial charge is 0.160 e. The Bertz CT molecular complexity index is 3670. The van der Waals surface area contributed by atoms with Gasteiger partial charge in [-0.15, -0.1) is 11.3 Å².